The molecule has 0 radical (unpaired) electrons. The molecule has 0 heterocycles. The van der Waals surface area contributed by atoms with E-state index < -0.39 is 17.7 Å². The first-order valence-electron chi connectivity index (χ1n) is 4.86. The zero-order chi connectivity index (χ0) is 13.3. The Hall–Kier alpha value is -0.810. The molecule has 0 unspecified atom stereocenters. The van der Waals surface area contributed by atoms with Gasteiger partial charge in [-0.3, -0.25) is 0 Å². The van der Waals surface area contributed by atoms with Crippen molar-refractivity contribution >= 4 is 15.9 Å². The predicted molar refractivity (Wildman–Crippen MR) is 63.8 cm³/mol. The van der Waals surface area contributed by atoms with Gasteiger partial charge in [0.25, 0.3) is 0 Å². The number of rotatable bonds is 3. The number of hydrogen-bond donors (Lipinski definition) is 1. The average Bonchev–Trinajstić information content (AvgIpc) is 2.26. The number of halogens is 4. The van der Waals surface area contributed by atoms with Crippen molar-refractivity contribution in [3.63, 3.8) is 0 Å². The Kier molecular flexibility index (Phi) is 4.04. The first-order chi connectivity index (χ1) is 7.71. The Morgan fingerprint density at radius 1 is 1.29 bits per heavy atom. The molecule has 0 aliphatic carbocycles. The van der Waals surface area contributed by atoms with Crippen molar-refractivity contribution in [2.45, 2.75) is 24.6 Å². The zero-order valence-electron chi connectivity index (χ0n) is 9.13. The van der Waals surface area contributed by atoms with Crippen molar-refractivity contribution in [2.24, 2.45) is 0 Å². The molecule has 0 aromatic heterocycles. The van der Waals surface area contributed by atoms with Gasteiger partial charge < -0.3 is 5.11 Å². The normalized spacial score (nSPS) is 17.3. The SMILES string of the molecule is C=C[C@](C)(c1ccc(Br)cc1)[C@H](O)C(F)(F)F. The van der Waals surface area contributed by atoms with E-state index >= 15 is 0 Å². The highest BCUT2D eigenvalue weighted by molar-refractivity contribution is 9.10. The Morgan fingerprint density at radius 2 is 1.76 bits per heavy atom. The maximum Gasteiger partial charge on any atom is 0.415 e. The van der Waals surface area contributed by atoms with Gasteiger partial charge in [0.15, 0.2) is 6.10 Å². The van der Waals surface area contributed by atoms with E-state index in [9.17, 15) is 18.3 Å². The van der Waals surface area contributed by atoms with Crippen LogP contribution in [0.2, 0.25) is 0 Å². The molecule has 1 nitrogen and oxygen atoms in total. The molecule has 94 valence electrons. The highest BCUT2D eigenvalue weighted by Crippen LogP contribution is 2.38. The Morgan fingerprint density at radius 3 is 2.12 bits per heavy atom. The second-order valence-electron chi connectivity index (χ2n) is 3.94. The first-order valence-corrected chi connectivity index (χ1v) is 5.65. The lowest BCUT2D eigenvalue weighted by molar-refractivity contribution is -0.218. The number of hydrogen-bond acceptors (Lipinski definition) is 1. The van der Waals surface area contributed by atoms with Gasteiger partial charge in [-0.05, 0) is 24.6 Å². The maximum absolute atomic E-state index is 12.6. The topological polar surface area (TPSA) is 20.2 Å². The van der Waals surface area contributed by atoms with Gasteiger partial charge in [-0.2, -0.15) is 13.2 Å². The molecule has 17 heavy (non-hydrogen) atoms. The van der Waals surface area contributed by atoms with Gasteiger partial charge in [-0.1, -0.05) is 34.1 Å². The van der Waals surface area contributed by atoms with Crippen LogP contribution in [0.3, 0.4) is 0 Å². The molecule has 1 N–H and O–H groups in total. The molecule has 0 saturated heterocycles. The minimum atomic E-state index is -4.68. The molecule has 1 rings (SSSR count). The molecule has 1 aromatic carbocycles. The average molecular weight is 309 g/mol. The second-order valence-corrected chi connectivity index (χ2v) is 4.85. The van der Waals surface area contributed by atoms with E-state index in [0.717, 1.165) is 10.5 Å². The van der Waals surface area contributed by atoms with Crippen LogP contribution in [0.5, 0.6) is 0 Å². The molecule has 0 saturated carbocycles. The van der Waals surface area contributed by atoms with Crippen LogP contribution in [-0.4, -0.2) is 17.4 Å². The molecule has 0 fully saturated rings. The molecule has 1 aromatic rings. The summed E-state index contributed by atoms with van der Waals surface area (Å²) in [5, 5.41) is 9.42. The van der Waals surface area contributed by atoms with E-state index in [1.54, 1.807) is 12.1 Å². The molecule has 0 aliphatic rings. The summed E-state index contributed by atoms with van der Waals surface area (Å²) in [5.41, 5.74) is -1.20. The monoisotopic (exact) mass is 308 g/mol. The summed E-state index contributed by atoms with van der Waals surface area (Å²) in [6.45, 7) is 4.70. The number of aliphatic hydroxyl groups excluding tert-OH is 1. The molecule has 0 amide bonds. The third-order valence-electron chi connectivity index (χ3n) is 2.77. The van der Waals surface area contributed by atoms with Crippen molar-refractivity contribution in [1.82, 2.24) is 0 Å². The Balaban J connectivity index is 3.20. The van der Waals surface area contributed by atoms with E-state index in [0.29, 0.717) is 5.56 Å². The molecule has 0 spiro atoms. The van der Waals surface area contributed by atoms with Gasteiger partial charge >= 0.3 is 6.18 Å². The smallest absolute Gasteiger partial charge is 0.382 e. The van der Waals surface area contributed by atoms with Crippen LogP contribution in [0.4, 0.5) is 13.2 Å². The van der Waals surface area contributed by atoms with Crippen LogP contribution in [0.15, 0.2) is 41.4 Å². The lowest BCUT2D eigenvalue weighted by Crippen LogP contribution is -2.45. The molecule has 2 atom stereocenters. The number of benzene rings is 1. The molecular weight excluding hydrogens is 297 g/mol. The molecule has 0 aliphatic heterocycles. The van der Waals surface area contributed by atoms with Crippen LogP contribution in [0, 0.1) is 0 Å². The predicted octanol–water partition coefficient (Wildman–Crippen LogP) is 3.82. The zero-order valence-corrected chi connectivity index (χ0v) is 10.7. The van der Waals surface area contributed by atoms with Crippen LogP contribution >= 0.6 is 15.9 Å². The summed E-state index contributed by atoms with van der Waals surface area (Å²) in [5.74, 6) is 0. The van der Waals surface area contributed by atoms with E-state index in [1.165, 1.54) is 19.1 Å². The second kappa shape index (κ2) is 4.82. The van der Waals surface area contributed by atoms with Gasteiger partial charge in [-0.25, -0.2) is 0 Å². The van der Waals surface area contributed by atoms with Crippen LogP contribution in [0.25, 0.3) is 0 Å². The fraction of sp³-hybridized carbons (Fsp3) is 0.333. The van der Waals surface area contributed by atoms with Gasteiger partial charge in [-0.15, -0.1) is 6.58 Å². The lowest BCUT2D eigenvalue weighted by atomic mass is 9.77. The van der Waals surface area contributed by atoms with Crippen molar-refractivity contribution in [3.05, 3.63) is 47.0 Å². The van der Waals surface area contributed by atoms with Gasteiger partial charge in [0.2, 0.25) is 0 Å². The molecule has 0 bridgehead atoms. The summed E-state index contributed by atoms with van der Waals surface area (Å²) in [7, 11) is 0. The standard InChI is InChI=1S/C12H12BrF3O/c1-3-11(2,10(17)12(14,15)16)8-4-6-9(13)7-5-8/h3-7,10,17H,1H2,2H3/t10-,11+/m0/s1. The summed E-state index contributed by atoms with van der Waals surface area (Å²) in [6, 6.07) is 6.31. The fourth-order valence-corrected chi connectivity index (χ4v) is 1.80. The molecule has 5 heteroatoms. The largest absolute Gasteiger partial charge is 0.415 e. The van der Waals surface area contributed by atoms with Crippen molar-refractivity contribution in [2.75, 3.05) is 0 Å². The highest BCUT2D eigenvalue weighted by Gasteiger charge is 2.49. The summed E-state index contributed by atoms with van der Waals surface area (Å²) in [6.07, 6.45) is -6.04. The third kappa shape index (κ3) is 2.90. The van der Waals surface area contributed by atoms with Gasteiger partial charge in [0, 0.05) is 9.89 Å². The summed E-state index contributed by atoms with van der Waals surface area (Å²) >= 11 is 3.20. The van der Waals surface area contributed by atoms with E-state index in [4.69, 9.17) is 0 Å². The quantitative estimate of drug-likeness (QED) is 0.842. The van der Waals surface area contributed by atoms with Crippen molar-refractivity contribution in [3.8, 4) is 0 Å². The third-order valence-corrected chi connectivity index (χ3v) is 3.30. The minimum absolute atomic E-state index is 0.362. The number of aliphatic hydroxyl groups is 1. The van der Waals surface area contributed by atoms with Crippen LogP contribution < -0.4 is 0 Å². The van der Waals surface area contributed by atoms with E-state index in [-0.39, 0.29) is 0 Å². The minimum Gasteiger partial charge on any atom is -0.382 e. The number of alkyl halides is 3. The van der Waals surface area contributed by atoms with Crippen molar-refractivity contribution < 1.29 is 18.3 Å². The Labute approximate surface area is 106 Å². The van der Waals surface area contributed by atoms with Gasteiger partial charge in [0.05, 0.1) is 0 Å². The van der Waals surface area contributed by atoms with E-state index in [1.807, 2.05) is 0 Å². The Bertz CT molecular complexity index is 399. The van der Waals surface area contributed by atoms with Crippen LogP contribution in [-0.2, 0) is 5.41 Å². The highest BCUT2D eigenvalue weighted by atomic mass is 79.9. The first kappa shape index (κ1) is 14.3. The summed E-state index contributed by atoms with van der Waals surface area (Å²) in [4.78, 5) is 0. The summed E-state index contributed by atoms with van der Waals surface area (Å²) < 4.78 is 38.5. The van der Waals surface area contributed by atoms with Gasteiger partial charge in [0.1, 0.15) is 0 Å². The molecular formula is C12H12BrF3O. The van der Waals surface area contributed by atoms with Crippen LogP contribution in [0.1, 0.15) is 12.5 Å². The van der Waals surface area contributed by atoms with Crippen molar-refractivity contribution in [1.29, 1.82) is 0 Å². The lowest BCUT2D eigenvalue weighted by Gasteiger charge is -2.33. The maximum atomic E-state index is 12.6. The fourth-order valence-electron chi connectivity index (χ4n) is 1.54. The van der Waals surface area contributed by atoms with E-state index in [2.05, 4.69) is 22.5 Å².